The molecule has 0 atom stereocenters. The van der Waals surface area contributed by atoms with E-state index in [1.807, 2.05) is 43.3 Å². The highest BCUT2D eigenvalue weighted by atomic mass is 16.2. The van der Waals surface area contributed by atoms with Crippen LogP contribution in [0.3, 0.4) is 0 Å². The van der Waals surface area contributed by atoms with Crippen LogP contribution >= 0.6 is 0 Å². The van der Waals surface area contributed by atoms with Crippen LogP contribution in [0.2, 0.25) is 0 Å². The molecule has 2 N–H and O–H groups in total. The third-order valence-corrected chi connectivity index (χ3v) is 3.80. The van der Waals surface area contributed by atoms with Crippen molar-refractivity contribution in [3.63, 3.8) is 0 Å². The van der Waals surface area contributed by atoms with Gasteiger partial charge in [0.1, 0.15) is 5.82 Å². The summed E-state index contributed by atoms with van der Waals surface area (Å²) in [5.74, 6) is 0.165. The SMILES string of the molecule is Cc1ccnc(NC(=O)c2ccc(NC(=O)Cc3ccccc3)cc2)c1. The molecule has 0 aliphatic carbocycles. The number of anilines is 2. The van der Waals surface area contributed by atoms with Gasteiger partial charge in [0.15, 0.2) is 0 Å². The van der Waals surface area contributed by atoms with Gasteiger partial charge in [-0.2, -0.15) is 0 Å². The van der Waals surface area contributed by atoms with Gasteiger partial charge in [-0.05, 0) is 54.4 Å². The third kappa shape index (κ3) is 4.77. The number of carbonyl (C=O) groups is 2. The molecular formula is C21H19N3O2. The minimum absolute atomic E-state index is 0.0997. The zero-order chi connectivity index (χ0) is 18.4. The Morgan fingerprint density at radius 3 is 2.35 bits per heavy atom. The van der Waals surface area contributed by atoms with Crippen molar-refractivity contribution in [1.82, 2.24) is 4.98 Å². The molecule has 0 aliphatic heterocycles. The standard InChI is InChI=1S/C21H19N3O2/c1-15-11-12-22-19(13-15)24-21(26)17-7-9-18(10-8-17)23-20(25)14-16-5-3-2-4-6-16/h2-13H,14H2,1H3,(H,23,25)(H,22,24,26). The maximum Gasteiger partial charge on any atom is 0.256 e. The Morgan fingerprint density at radius 1 is 0.923 bits per heavy atom. The number of hydrogen-bond acceptors (Lipinski definition) is 3. The molecule has 0 saturated heterocycles. The molecule has 5 nitrogen and oxygen atoms in total. The molecular weight excluding hydrogens is 326 g/mol. The maximum atomic E-state index is 12.3. The van der Waals surface area contributed by atoms with E-state index < -0.39 is 0 Å². The van der Waals surface area contributed by atoms with Gasteiger partial charge in [0.25, 0.3) is 5.91 Å². The highest BCUT2D eigenvalue weighted by Crippen LogP contribution is 2.13. The molecule has 1 heterocycles. The van der Waals surface area contributed by atoms with E-state index in [2.05, 4.69) is 15.6 Å². The second-order valence-electron chi connectivity index (χ2n) is 5.96. The van der Waals surface area contributed by atoms with Crippen molar-refractivity contribution in [2.75, 3.05) is 10.6 Å². The number of nitrogens with zero attached hydrogens (tertiary/aromatic N) is 1. The summed E-state index contributed by atoms with van der Waals surface area (Å²) in [6, 6.07) is 20.0. The highest BCUT2D eigenvalue weighted by Gasteiger charge is 2.08. The average molecular weight is 345 g/mol. The summed E-state index contributed by atoms with van der Waals surface area (Å²) < 4.78 is 0. The molecule has 0 aliphatic rings. The van der Waals surface area contributed by atoms with Gasteiger partial charge in [0.05, 0.1) is 6.42 Å². The number of benzene rings is 2. The Kier molecular flexibility index (Phi) is 5.39. The number of carbonyl (C=O) groups excluding carboxylic acids is 2. The van der Waals surface area contributed by atoms with E-state index in [-0.39, 0.29) is 11.8 Å². The first-order chi connectivity index (χ1) is 12.6. The Balaban J connectivity index is 1.59. The number of amides is 2. The van der Waals surface area contributed by atoms with E-state index in [4.69, 9.17) is 0 Å². The third-order valence-electron chi connectivity index (χ3n) is 3.80. The molecule has 2 amide bonds. The van der Waals surface area contributed by atoms with Crippen molar-refractivity contribution in [1.29, 1.82) is 0 Å². The fourth-order valence-corrected chi connectivity index (χ4v) is 2.48. The minimum Gasteiger partial charge on any atom is -0.326 e. The fraction of sp³-hybridized carbons (Fsp3) is 0.0952. The van der Waals surface area contributed by atoms with Gasteiger partial charge in [0.2, 0.25) is 5.91 Å². The van der Waals surface area contributed by atoms with Crippen LogP contribution in [0.4, 0.5) is 11.5 Å². The highest BCUT2D eigenvalue weighted by molar-refractivity contribution is 6.04. The van der Waals surface area contributed by atoms with Crippen molar-refractivity contribution in [2.24, 2.45) is 0 Å². The molecule has 1 aromatic heterocycles. The van der Waals surface area contributed by atoms with E-state index in [0.29, 0.717) is 23.5 Å². The Morgan fingerprint density at radius 2 is 1.65 bits per heavy atom. The Hall–Kier alpha value is -3.47. The van der Waals surface area contributed by atoms with Crippen LogP contribution < -0.4 is 10.6 Å². The summed E-state index contributed by atoms with van der Waals surface area (Å²) in [5, 5.41) is 5.59. The minimum atomic E-state index is -0.245. The smallest absolute Gasteiger partial charge is 0.256 e. The van der Waals surface area contributed by atoms with Crippen LogP contribution in [0.25, 0.3) is 0 Å². The van der Waals surface area contributed by atoms with E-state index in [1.54, 1.807) is 36.5 Å². The molecule has 0 saturated carbocycles. The zero-order valence-electron chi connectivity index (χ0n) is 14.4. The van der Waals surface area contributed by atoms with Gasteiger partial charge in [-0.1, -0.05) is 30.3 Å². The molecule has 0 spiro atoms. The number of pyridine rings is 1. The number of aryl methyl sites for hydroxylation is 1. The molecule has 0 unspecified atom stereocenters. The van der Waals surface area contributed by atoms with Gasteiger partial charge in [0, 0.05) is 17.4 Å². The van der Waals surface area contributed by atoms with Crippen LogP contribution in [-0.2, 0) is 11.2 Å². The topological polar surface area (TPSA) is 71.1 Å². The van der Waals surface area contributed by atoms with Crippen molar-refractivity contribution in [2.45, 2.75) is 13.3 Å². The number of rotatable bonds is 5. The second-order valence-corrected chi connectivity index (χ2v) is 5.96. The lowest BCUT2D eigenvalue weighted by Gasteiger charge is -2.08. The molecule has 5 heteroatoms. The summed E-state index contributed by atoms with van der Waals surface area (Å²) in [6.45, 7) is 1.93. The number of hydrogen-bond donors (Lipinski definition) is 2. The Labute approximate surface area is 152 Å². The summed E-state index contributed by atoms with van der Waals surface area (Å²) in [5.41, 5.74) is 3.11. The predicted octanol–water partition coefficient (Wildman–Crippen LogP) is 3.82. The molecule has 130 valence electrons. The van der Waals surface area contributed by atoms with Crippen LogP contribution in [0, 0.1) is 6.92 Å². The molecule has 26 heavy (non-hydrogen) atoms. The van der Waals surface area contributed by atoms with Gasteiger partial charge in [-0.15, -0.1) is 0 Å². The van der Waals surface area contributed by atoms with Crippen LogP contribution in [0.5, 0.6) is 0 Å². The Bertz CT molecular complexity index is 906. The van der Waals surface area contributed by atoms with E-state index >= 15 is 0 Å². The van der Waals surface area contributed by atoms with Gasteiger partial charge < -0.3 is 10.6 Å². The van der Waals surface area contributed by atoms with Crippen LogP contribution in [0.15, 0.2) is 72.9 Å². The summed E-state index contributed by atoms with van der Waals surface area (Å²) in [6.07, 6.45) is 1.96. The molecule has 2 aromatic carbocycles. The van der Waals surface area contributed by atoms with Crippen LogP contribution in [-0.4, -0.2) is 16.8 Å². The first kappa shape index (κ1) is 17.4. The van der Waals surface area contributed by atoms with Gasteiger partial charge in [-0.3, -0.25) is 9.59 Å². The van der Waals surface area contributed by atoms with Gasteiger partial charge >= 0.3 is 0 Å². The first-order valence-electron chi connectivity index (χ1n) is 8.28. The van der Waals surface area contributed by atoms with Gasteiger partial charge in [-0.25, -0.2) is 4.98 Å². The zero-order valence-corrected chi connectivity index (χ0v) is 14.4. The fourth-order valence-electron chi connectivity index (χ4n) is 2.48. The molecule has 3 aromatic rings. The average Bonchev–Trinajstić information content (AvgIpc) is 2.63. The molecule has 0 bridgehead atoms. The van der Waals surface area contributed by atoms with E-state index in [0.717, 1.165) is 11.1 Å². The lowest BCUT2D eigenvalue weighted by molar-refractivity contribution is -0.115. The number of aromatic nitrogens is 1. The van der Waals surface area contributed by atoms with Crippen LogP contribution in [0.1, 0.15) is 21.5 Å². The molecule has 0 fully saturated rings. The van der Waals surface area contributed by atoms with Crippen molar-refractivity contribution in [3.8, 4) is 0 Å². The van der Waals surface area contributed by atoms with Crippen molar-refractivity contribution >= 4 is 23.3 Å². The normalized spacial score (nSPS) is 10.2. The summed E-state index contributed by atoms with van der Waals surface area (Å²) in [4.78, 5) is 28.4. The second kappa shape index (κ2) is 8.07. The van der Waals surface area contributed by atoms with E-state index in [9.17, 15) is 9.59 Å². The quantitative estimate of drug-likeness (QED) is 0.738. The maximum absolute atomic E-state index is 12.3. The summed E-state index contributed by atoms with van der Waals surface area (Å²) >= 11 is 0. The van der Waals surface area contributed by atoms with Crippen molar-refractivity contribution in [3.05, 3.63) is 89.6 Å². The number of nitrogens with one attached hydrogen (secondary N) is 2. The molecule has 0 radical (unpaired) electrons. The molecule has 3 rings (SSSR count). The summed E-state index contributed by atoms with van der Waals surface area (Å²) in [7, 11) is 0. The largest absolute Gasteiger partial charge is 0.326 e. The monoisotopic (exact) mass is 345 g/mol. The lowest BCUT2D eigenvalue weighted by Crippen LogP contribution is -2.15. The lowest BCUT2D eigenvalue weighted by atomic mass is 10.1. The van der Waals surface area contributed by atoms with Crippen molar-refractivity contribution < 1.29 is 9.59 Å². The first-order valence-corrected chi connectivity index (χ1v) is 8.28. The predicted molar refractivity (Wildman–Crippen MR) is 102 cm³/mol. The van der Waals surface area contributed by atoms with E-state index in [1.165, 1.54) is 0 Å².